The van der Waals surface area contributed by atoms with Crippen LogP contribution >= 0.6 is 27.3 Å². The molecule has 0 aliphatic heterocycles. The zero-order valence-electron chi connectivity index (χ0n) is 11.4. The van der Waals surface area contributed by atoms with Gasteiger partial charge in [-0.1, -0.05) is 6.07 Å². The lowest BCUT2D eigenvalue weighted by molar-refractivity contribution is 0.0940. The molecule has 1 amide bonds. The van der Waals surface area contributed by atoms with Crippen LogP contribution in [-0.2, 0) is 6.42 Å². The smallest absolute Gasteiger partial charge is 0.251 e. The summed E-state index contributed by atoms with van der Waals surface area (Å²) in [5.41, 5.74) is 0.621. The van der Waals surface area contributed by atoms with E-state index in [1.807, 2.05) is 18.4 Å². The lowest BCUT2D eigenvalue weighted by atomic mass is 10.1. The molecule has 106 valence electrons. The summed E-state index contributed by atoms with van der Waals surface area (Å²) in [7, 11) is 1.60. The first-order chi connectivity index (χ1) is 9.60. The van der Waals surface area contributed by atoms with E-state index in [-0.39, 0.29) is 11.9 Å². The van der Waals surface area contributed by atoms with Crippen LogP contribution in [0.1, 0.15) is 22.2 Å². The van der Waals surface area contributed by atoms with Crippen molar-refractivity contribution < 1.29 is 9.53 Å². The molecule has 1 heterocycles. The van der Waals surface area contributed by atoms with Crippen LogP contribution in [-0.4, -0.2) is 19.1 Å². The number of rotatable bonds is 5. The SMILES string of the molecule is COc1ccc(C(=O)NC(C)Cc2cccs2)cc1Br. The van der Waals surface area contributed by atoms with Gasteiger partial charge < -0.3 is 10.1 Å². The Morgan fingerprint density at radius 1 is 1.45 bits per heavy atom. The van der Waals surface area contributed by atoms with Crippen molar-refractivity contribution >= 4 is 33.2 Å². The van der Waals surface area contributed by atoms with Crippen molar-refractivity contribution in [1.82, 2.24) is 5.32 Å². The van der Waals surface area contributed by atoms with Crippen molar-refractivity contribution in [1.29, 1.82) is 0 Å². The Labute approximate surface area is 131 Å². The number of nitrogens with one attached hydrogen (secondary N) is 1. The standard InChI is InChI=1S/C15H16BrNO2S/c1-10(8-12-4-3-7-20-12)17-15(18)11-5-6-14(19-2)13(16)9-11/h3-7,9-10H,8H2,1-2H3,(H,17,18). The zero-order chi connectivity index (χ0) is 14.5. The van der Waals surface area contributed by atoms with E-state index in [2.05, 4.69) is 27.3 Å². The highest BCUT2D eigenvalue weighted by Crippen LogP contribution is 2.25. The highest BCUT2D eigenvalue weighted by Gasteiger charge is 2.12. The second kappa shape index (κ2) is 6.90. The van der Waals surface area contributed by atoms with Crippen LogP contribution in [0.2, 0.25) is 0 Å². The molecule has 1 N–H and O–H groups in total. The van der Waals surface area contributed by atoms with E-state index in [0.29, 0.717) is 11.3 Å². The Bertz CT molecular complexity index is 584. The second-order valence-electron chi connectivity index (χ2n) is 4.51. The molecule has 0 aliphatic rings. The third kappa shape index (κ3) is 3.84. The van der Waals surface area contributed by atoms with Gasteiger partial charge in [-0.15, -0.1) is 11.3 Å². The summed E-state index contributed by atoms with van der Waals surface area (Å²) >= 11 is 5.09. The number of thiophene rings is 1. The van der Waals surface area contributed by atoms with E-state index >= 15 is 0 Å². The zero-order valence-corrected chi connectivity index (χ0v) is 13.8. The Balaban J connectivity index is 1.99. The topological polar surface area (TPSA) is 38.3 Å². The highest BCUT2D eigenvalue weighted by molar-refractivity contribution is 9.10. The lowest BCUT2D eigenvalue weighted by Gasteiger charge is -2.13. The van der Waals surface area contributed by atoms with E-state index < -0.39 is 0 Å². The fourth-order valence-electron chi connectivity index (χ4n) is 1.90. The Morgan fingerprint density at radius 3 is 2.85 bits per heavy atom. The maximum atomic E-state index is 12.2. The van der Waals surface area contributed by atoms with E-state index in [0.717, 1.165) is 10.9 Å². The molecule has 1 unspecified atom stereocenters. The number of halogens is 1. The molecule has 0 aliphatic carbocycles. The van der Waals surface area contributed by atoms with Crippen molar-refractivity contribution in [3.8, 4) is 5.75 Å². The second-order valence-corrected chi connectivity index (χ2v) is 6.39. The molecule has 1 aromatic carbocycles. The molecule has 1 aromatic heterocycles. The summed E-state index contributed by atoms with van der Waals surface area (Å²) in [6.45, 7) is 2.01. The minimum absolute atomic E-state index is 0.0718. The van der Waals surface area contributed by atoms with Crippen LogP contribution in [0.4, 0.5) is 0 Å². The third-order valence-electron chi connectivity index (χ3n) is 2.88. The molecule has 0 saturated carbocycles. The largest absolute Gasteiger partial charge is 0.496 e. The molecule has 2 rings (SSSR count). The van der Waals surface area contributed by atoms with E-state index in [1.165, 1.54) is 4.88 Å². The van der Waals surface area contributed by atoms with Crippen molar-refractivity contribution in [3.63, 3.8) is 0 Å². The molecule has 3 nitrogen and oxygen atoms in total. The summed E-state index contributed by atoms with van der Waals surface area (Å²) in [4.78, 5) is 13.4. The van der Waals surface area contributed by atoms with E-state index in [4.69, 9.17) is 4.74 Å². The number of ether oxygens (including phenoxy) is 1. The third-order valence-corrected chi connectivity index (χ3v) is 4.40. The summed E-state index contributed by atoms with van der Waals surface area (Å²) in [6.07, 6.45) is 0.848. The number of benzene rings is 1. The number of carbonyl (C=O) groups is 1. The van der Waals surface area contributed by atoms with Gasteiger partial charge in [-0.3, -0.25) is 4.79 Å². The molecule has 20 heavy (non-hydrogen) atoms. The average molecular weight is 354 g/mol. The van der Waals surface area contributed by atoms with Crippen LogP contribution in [0.25, 0.3) is 0 Å². The summed E-state index contributed by atoms with van der Waals surface area (Å²) < 4.78 is 5.93. The monoisotopic (exact) mass is 353 g/mol. The molecular formula is C15H16BrNO2S. The van der Waals surface area contributed by atoms with Crippen molar-refractivity contribution in [3.05, 3.63) is 50.6 Å². The van der Waals surface area contributed by atoms with Gasteiger partial charge in [0.05, 0.1) is 11.6 Å². The van der Waals surface area contributed by atoms with Gasteiger partial charge in [-0.25, -0.2) is 0 Å². The number of carbonyl (C=O) groups excluding carboxylic acids is 1. The van der Waals surface area contributed by atoms with E-state index in [1.54, 1.807) is 36.6 Å². The van der Waals surface area contributed by atoms with Crippen molar-refractivity contribution in [2.75, 3.05) is 7.11 Å². The molecule has 1 atom stereocenters. The van der Waals surface area contributed by atoms with Gasteiger partial charge in [0, 0.05) is 22.9 Å². The van der Waals surface area contributed by atoms with Gasteiger partial charge >= 0.3 is 0 Å². The van der Waals surface area contributed by atoms with Gasteiger partial charge in [-0.05, 0) is 52.5 Å². The lowest BCUT2D eigenvalue weighted by Crippen LogP contribution is -2.33. The first-order valence-corrected chi connectivity index (χ1v) is 7.94. The van der Waals surface area contributed by atoms with Gasteiger partial charge in [0.25, 0.3) is 5.91 Å². The average Bonchev–Trinajstić information content (AvgIpc) is 2.91. The summed E-state index contributed by atoms with van der Waals surface area (Å²) in [6, 6.07) is 9.51. The van der Waals surface area contributed by atoms with Crippen LogP contribution < -0.4 is 10.1 Å². The minimum atomic E-state index is -0.0718. The quantitative estimate of drug-likeness (QED) is 0.885. The molecule has 0 spiro atoms. The Hall–Kier alpha value is -1.33. The predicted octanol–water partition coefficient (Wildman–Crippen LogP) is 3.88. The highest BCUT2D eigenvalue weighted by atomic mass is 79.9. The molecule has 0 saturated heterocycles. The number of hydrogen-bond acceptors (Lipinski definition) is 3. The van der Waals surface area contributed by atoms with Crippen LogP contribution in [0.3, 0.4) is 0 Å². The number of amides is 1. The minimum Gasteiger partial charge on any atom is -0.496 e. The summed E-state index contributed by atoms with van der Waals surface area (Å²) in [5.74, 6) is 0.644. The molecular weight excluding hydrogens is 338 g/mol. The first kappa shape index (κ1) is 15.1. The van der Waals surface area contributed by atoms with Gasteiger partial charge in [0.15, 0.2) is 0 Å². The molecule has 5 heteroatoms. The van der Waals surface area contributed by atoms with Crippen molar-refractivity contribution in [2.24, 2.45) is 0 Å². The van der Waals surface area contributed by atoms with Crippen molar-refractivity contribution in [2.45, 2.75) is 19.4 Å². The molecule has 0 bridgehead atoms. The predicted molar refractivity (Wildman–Crippen MR) is 85.6 cm³/mol. The Kier molecular flexibility index (Phi) is 5.20. The number of methoxy groups -OCH3 is 1. The van der Waals surface area contributed by atoms with Crippen LogP contribution in [0, 0.1) is 0 Å². The summed E-state index contributed by atoms with van der Waals surface area (Å²) in [5, 5.41) is 5.05. The van der Waals surface area contributed by atoms with Gasteiger partial charge in [0.2, 0.25) is 0 Å². The molecule has 0 radical (unpaired) electrons. The maximum Gasteiger partial charge on any atom is 0.251 e. The molecule has 2 aromatic rings. The van der Waals surface area contributed by atoms with E-state index in [9.17, 15) is 4.79 Å². The number of hydrogen-bond donors (Lipinski definition) is 1. The normalized spacial score (nSPS) is 11.9. The van der Waals surface area contributed by atoms with Crippen LogP contribution in [0.15, 0.2) is 40.2 Å². The van der Waals surface area contributed by atoms with Gasteiger partial charge in [-0.2, -0.15) is 0 Å². The van der Waals surface area contributed by atoms with Gasteiger partial charge in [0.1, 0.15) is 5.75 Å². The fourth-order valence-corrected chi connectivity index (χ4v) is 3.27. The Morgan fingerprint density at radius 2 is 2.25 bits per heavy atom. The van der Waals surface area contributed by atoms with Crippen LogP contribution in [0.5, 0.6) is 5.75 Å². The fraction of sp³-hybridized carbons (Fsp3) is 0.267. The maximum absolute atomic E-state index is 12.2. The first-order valence-electron chi connectivity index (χ1n) is 6.27. The molecule has 0 fully saturated rings.